The van der Waals surface area contributed by atoms with Gasteiger partial charge in [0.2, 0.25) is 0 Å². The molecule has 1 aliphatic rings. The van der Waals surface area contributed by atoms with Crippen LogP contribution in [0.5, 0.6) is 5.75 Å². The van der Waals surface area contributed by atoms with Crippen molar-refractivity contribution in [2.75, 3.05) is 0 Å². The summed E-state index contributed by atoms with van der Waals surface area (Å²) in [6, 6.07) is 9.52. The SMILES string of the molecule is CC(C)Cc1cc(=O)[nH]c(C2Cc3ccccc3O2)n1. The summed E-state index contributed by atoms with van der Waals surface area (Å²) >= 11 is 0. The second-order valence-corrected chi connectivity index (χ2v) is 5.64. The van der Waals surface area contributed by atoms with Crippen molar-refractivity contribution >= 4 is 0 Å². The van der Waals surface area contributed by atoms with Gasteiger partial charge >= 0.3 is 0 Å². The molecule has 3 rings (SSSR count). The molecule has 0 bridgehead atoms. The van der Waals surface area contributed by atoms with E-state index in [1.165, 1.54) is 0 Å². The largest absolute Gasteiger partial charge is 0.482 e. The quantitative estimate of drug-likeness (QED) is 0.932. The third-order valence-electron chi connectivity index (χ3n) is 3.38. The number of hydrogen-bond acceptors (Lipinski definition) is 3. The first-order chi connectivity index (χ1) is 9.61. The Kier molecular flexibility index (Phi) is 3.30. The van der Waals surface area contributed by atoms with Crippen LogP contribution in [0.4, 0.5) is 0 Å². The lowest BCUT2D eigenvalue weighted by Crippen LogP contribution is -2.18. The Balaban J connectivity index is 1.89. The molecule has 0 aliphatic carbocycles. The smallest absolute Gasteiger partial charge is 0.251 e. The van der Waals surface area contributed by atoms with Crippen molar-refractivity contribution in [1.29, 1.82) is 0 Å². The van der Waals surface area contributed by atoms with E-state index in [-0.39, 0.29) is 11.7 Å². The first kappa shape index (κ1) is 12.9. The number of nitrogens with one attached hydrogen (secondary N) is 1. The minimum absolute atomic E-state index is 0.106. The lowest BCUT2D eigenvalue weighted by atomic mass is 10.1. The Morgan fingerprint density at radius 3 is 2.95 bits per heavy atom. The minimum Gasteiger partial charge on any atom is -0.482 e. The molecule has 20 heavy (non-hydrogen) atoms. The van der Waals surface area contributed by atoms with Gasteiger partial charge in [-0.25, -0.2) is 4.98 Å². The number of aromatic nitrogens is 2. The Morgan fingerprint density at radius 1 is 1.40 bits per heavy atom. The van der Waals surface area contributed by atoms with E-state index < -0.39 is 0 Å². The molecule has 0 saturated carbocycles. The van der Waals surface area contributed by atoms with Gasteiger partial charge in [0.15, 0.2) is 11.9 Å². The Hall–Kier alpha value is -2.10. The van der Waals surface area contributed by atoms with Crippen LogP contribution < -0.4 is 10.3 Å². The zero-order chi connectivity index (χ0) is 14.1. The summed E-state index contributed by atoms with van der Waals surface area (Å²) in [7, 11) is 0. The lowest BCUT2D eigenvalue weighted by Gasteiger charge is -2.11. The van der Waals surface area contributed by atoms with E-state index in [0.717, 1.165) is 29.8 Å². The fourth-order valence-electron chi connectivity index (χ4n) is 2.54. The highest BCUT2D eigenvalue weighted by atomic mass is 16.5. The van der Waals surface area contributed by atoms with Crippen molar-refractivity contribution in [3.63, 3.8) is 0 Å². The highest BCUT2D eigenvalue weighted by Gasteiger charge is 2.26. The average molecular weight is 270 g/mol. The molecule has 1 aliphatic heterocycles. The molecule has 1 N–H and O–H groups in total. The van der Waals surface area contributed by atoms with Crippen LogP contribution in [-0.4, -0.2) is 9.97 Å². The predicted molar refractivity (Wildman–Crippen MR) is 76.9 cm³/mol. The zero-order valence-corrected chi connectivity index (χ0v) is 11.7. The van der Waals surface area contributed by atoms with E-state index in [1.807, 2.05) is 24.3 Å². The third kappa shape index (κ3) is 2.59. The molecule has 1 atom stereocenters. The van der Waals surface area contributed by atoms with Crippen LogP contribution in [0, 0.1) is 5.92 Å². The number of rotatable bonds is 3. The summed E-state index contributed by atoms with van der Waals surface area (Å²) in [5, 5.41) is 0. The van der Waals surface area contributed by atoms with E-state index in [2.05, 4.69) is 23.8 Å². The normalized spacial score (nSPS) is 17.1. The van der Waals surface area contributed by atoms with Crippen LogP contribution in [0.1, 0.15) is 37.0 Å². The van der Waals surface area contributed by atoms with Crippen LogP contribution in [0.15, 0.2) is 35.1 Å². The van der Waals surface area contributed by atoms with Gasteiger partial charge in [-0.3, -0.25) is 4.79 Å². The lowest BCUT2D eigenvalue weighted by molar-refractivity contribution is 0.226. The highest BCUT2D eigenvalue weighted by molar-refractivity contribution is 5.38. The molecule has 0 saturated heterocycles. The van der Waals surface area contributed by atoms with E-state index >= 15 is 0 Å². The van der Waals surface area contributed by atoms with Crippen LogP contribution in [0.25, 0.3) is 0 Å². The molecular formula is C16H18N2O2. The van der Waals surface area contributed by atoms with Gasteiger partial charge < -0.3 is 9.72 Å². The van der Waals surface area contributed by atoms with Crippen LogP contribution in [0.2, 0.25) is 0 Å². The number of aromatic amines is 1. The number of nitrogens with zero attached hydrogens (tertiary/aromatic N) is 1. The van der Waals surface area contributed by atoms with Gasteiger partial charge in [0.25, 0.3) is 5.56 Å². The fraction of sp³-hybridized carbons (Fsp3) is 0.375. The molecule has 0 spiro atoms. The van der Waals surface area contributed by atoms with Crippen molar-refractivity contribution in [1.82, 2.24) is 9.97 Å². The van der Waals surface area contributed by atoms with Crippen LogP contribution >= 0.6 is 0 Å². The summed E-state index contributed by atoms with van der Waals surface area (Å²) < 4.78 is 5.88. The van der Waals surface area contributed by atoms with Gasteiger partial charge in [-0.2, -0.15) is 0 Å². The number of benzene rings is 1. The summed E-state index contributed by atoms with van der Waals surface area (Å²) in [5.41, 5.74) is 1.89. The summed E-state index contributed by atoms with van der Waals surface area (Å²) in [4.78, 5) is 19.1. The predicted octanol–water partition coefficient (Wildman–Crippen LogP) is 2.64. The minimum atomic E-state index is -0.188. The summed E-state index contributed by atoms with van der Waals surface area (Å²) in [6.45, 7) is 4.23. The topological polar surface area (TPSA) is 55.0 Å². The molecule has 2 aromatic rings. The second-order valence-electron chi connectivity index (χ2n) is 5.64. The van der Waals surface area contributed by atoms with Crippen molar-refractivity contribution in [2.24, 2.45) is 5.92 Å². The molecule has 2 heterocycles. The first-order valence-corrected chi connectivity index (χ1v) is 6.96. The molecular weight excluding hydrogens is 252 g/mol. The number of hydrogen-bond donors (Lipinski definition) is 1. The van der Waals surface area contributed by atoms with Gasteiger partial charge in [0.1, 0.15) is 5.75 Å². The van der Waals surface area contributed by atoms with E-state index in [1.54, 1.807) is 6.07 Å². The molecule has 0 fully saturated rings. The molecule has 1 aromatic heterocycles. The molecule has 1 aromatic carbocycles. The second kappa shape index (κ2) is 5.12. The number of H-pyrrole nitrogens is 1. The summed E-state index contributed by atoms with van der Waals surface area (Å²) in [6.07, 6.45) is 1.37. The van der Waals surface area contributed by atoms with Gasteiger partial charge in [0, 0.05) is 18.2 Å². The van der Waals surface area contributed by atoms with Gasteiger partial charge in [0.05, 0.1) is 0 Å². The third-order valence-corrected chi connectivity index (χ3v) is 3.38. The maximum Gasteiger partial charge on any atom is 0.251 e. The molecule has 0 amide bonds. The van der Waals surface area contributed by atoms with Crippen molar-refractivity contribution < 1.29 is 4.74 Å². The molecule has 1 unspecified atom stereocenters. The first-order valence-electron chi connectivity index (χ1n) is 6.96. The Morgan fingerprint density at radius 2 is 2.20 bits per heavy atom. The molecule has 4 heteroatoms. The standard InChI is InChI=1S/C16H18N2O2/c1-10(2)7-12-9-15(19)18-16(17-12)14-8-11-5-3-4-6-13(11)20-14/h3-6,9-10,14H,7-8H2,1-2H3,(H,17,18,19). The Labute approximate surface area is 117 Å². The van der Waals surface area contributed by atoms with Crippen molar-refractivity contribution in [3.05, 3.63) is 57.8 Å². The number of fused-ring (bicyclic) bond motifs is 1. The van der Waals surface area contributed by atoms with Crippen molar-refractivity contribution in [3.8, 4) is 5.75 Å². The summed E-state index contributed by atoms with van der Waals surface area (Å²) in [5.74, 6) is 1.98. The van der Waals surface area contributed by atoms with Crippen LogP contribution in [-0.2, 0) is 12.8 Å². The molecule has 4 nitrogen and oxygen atoms in total. The number of para-hydroxylation sites is 1. The average Bonchev–Trinajstić information content (AvgIpc) is 2.80. The zero-order valence-electron chi connectivity index (χ0n) is 11.7. The van der Waals surface area contributed by atoms with Crippen LogP contribution in [0.3, 0.4) is 0 Å². The fourth-order valence-corrected chi connectivity index (χ4v) is 2.54. The van der Waals surface area contributed by atoms with Gasteiger partial charge in [-0.05, 0) is 24.0 Å². The van der Waals surface area contributed by atoms with Gasteiger partial charge in [-0.15, -0.1) is 0 Å². The van der Waals surface area contributed by atoms with E-state index in [9.17, 15) is 4.79 Å². The molecule has 0 radical (unpaired) electrons. The molecule has 104 valence electrons. The van der Waals surface area contributed by atoms with Crippen molar-refractivity contribution in [2.45, 2.75) is 32.8 Å². The Bertz CT molecular complexity index is 651. The maximum absolute atomic E-state index is 11.8. The van der Waals surface area contributed by atoms with E-state index in [4.69, 9.17) is 4.74 Å². The van der Waals surface area contributed by atoms with Gasteiger partial charge in [-0.1, -0.05) is 32.0 Å². The highest BCUT2D eigenvalue weighted by Crippen LogP contribution is 2.34. The van der Waals surface area contributed by atoms with E-state index in [0.29, 0.717) is 11.7 Å². The monoisotopic (exact) mass is 270 g/mol. The maximum atomic E-state index is 11.8. The number of ether oxygens (including phenoxy) is 1.